The van der Waals surface area contributed by atoms with Crippen LogP contribution in [0.1, 0.15) is 17.5 Å². The fourth-order valence-corrected chi connectivity index (χ4v) is 2.66. The van der Waals surface area contributed by atoms with Crippen molar-refractivity contribution in [1.82, 2.24) is 0 Å². The summed E-state index contributed by atoms with van der Waals surface area (Å²) in [5, 5.41) is 22.6. The fraction of sp³-hybridized carbons (Fsp3) is 0.200. The summed E-state index contributed by atoms with van der Waals surface area (Å²) in [6, 6.07) is 11.9. The predicted octanol–water partition coefficient (Wildman–Crippen LogP) is 2.05. The smallest absolute Gasteiger partial charge is 0.274 e. The van der Waals surface area contributed by atoms with Crippen LogP contribution in [0.2, 0.25) is 0 Å². The second kappa shape index (κ2) is 6.51. The Morgan fingerprint density at radius 1 is 0.870 bits per heavy atom. The van der Waals surface area contributed by atoms with Crippen molar-refractivity contribution in [3.63, 3.8) is 0 Å². The van der Waals surface area contributed by atoms with Crippen LogP contribution in [0.25, 0.3) is 0 Å². The molecule has 23 heavy (non-hydrogen) atoms. The highest BCUT2D eigenvalue weighted by Gasteiger charge is 2.39. The Labute approximate surface area is 132 Å². The Morgan fingerprint density at radius 2 is 1.26 bits per heavy atom. The summed E-state index contributed by atoms with van der Waals surface area (Å²) >= 11 is 0. The van der Waals surface area contributed by atoms with Crippen LogP contribution < -0.4 is 11.5 Å². The topological polar surface area (TPSA) is 138 Å². The highest BCUT2D eigenvalue weighted by molar-refractivity contribution is 5.55. The van der Waals surface area contributed by atoms with E-state index in [2.05, 4.69) is 0 Å². The fourth-order valence-electron chi connectivity index (χ4n) is 2.66. The van der Waals surface area contributed by atoms with Crippen molar-refractivity contribution in [2.75, 3.05) is 6.54 Å². The monoisotopic (exact) mass is 316 g/mol. The maximum absolute atomic E-state index is 11.3. The van der Waals surface area contributed by atoms with Crippen molar-refractivity contribution in [1.29, 1.82) is 0 Å². The normalized spacial score (nSPS) is 11.2. The minimum atomic E-state index is -1.43. The zero-order chi connectivity index (χ0) is 17.0. The average Bonchev–Trinajstić information content (AvgIpc) is 2.55. The van der Waals surface area contributed by atoms with Gasteiger partial charge < -0.3 is 11.5 Å². The Bertz CT molecular complexity index is 690. The van der Waals surface area contributed by atoms with E-state index in [0.717, 1.165) is 0 Å². The van der Waals surface area contributed by atoms with Crippen molar-refractivity contribution in [3.05, 3.63) is 79.9 Å². The van der Waals surface area contributed by atoms with E-state index in [4.69, 9.17) is 11.5 Å². The first-order valence-electron chi connectivity index (χ1n) is 6.88. The third kappa shape index (κ3) is 3.03. The van der Waals surface area contributed by atoms with Gasteiger partial charge in [-0.05, 0) is 25.1 Å². The summed E-state index contributed by atoms with van der Waals surface area (Å²) in [5.74, 6) is 0. The van der Waals surface area contributed by atoms with Crippen LogP contribution in [0.15, 0.2) is 48.5 Å². The molecule has 120 valence electrons. The summed E-state index contributed by atoms with van der Waals surface area (Å²) in [4.78, 5) is 21.5. The molecule has 2 rings (SSSR count). The zero-order valence-corrected chi connectivity index (χ0v) is 12.2. The molecule has 0 unspecified atom stereocenters. The minimum Gasteiger partial charge on any atom is -0.330 e. The Hall–Kier alpha value is -2.84. The van der Waals surface area contributed by atoms with E-state index < -0.39 is 15.4 Å². The Balaban J connectivity index is 2.76. The van der Waals surface area contributed by atoms with E-state index in [1.165, 1.54) is 36.4 Å². The van der Waals surface area contributed by atoms with Gasteiger partial charge in [0.15, 0.2) is 0 Å². The van der Waals surface area contributed by atoms with Crippen LogP contribution in [0.4, 0.5) is 11.4 Å². The largest absolute Gasteiger partial charge is 0.330 e. The molecule has 4 N–H and O–H groups in total. The van der Waals surface area contributed by atoms with Gasteiger partial charge in [0.05, 0.1) is 26.5 Å². The van der Waals surface area contributed by atoms with E-state index in [0.29, 0.717) is 0 Å². The lowest BCUT2D eigenvalue weighted by atomic mass is 9.79. The molecule has 0 atom stereocenters. The van der Waals surface area contributed by atoms with Crippen LogP contribution in [-0.4, -0.2) is 16.4 Å². The van der Waals surface area contributed by atoms with E-state index in [-0.39, 0.29) is 35.5 Å². The maximum atomic E-state index is 11.3. The predicted molar refractivity (Wildman–Crippen MR) is 84.8 cm³/mol. The molecule has 0 heterocycles. The number of rotatable bonds is 6. The summed E-state index contributed by atoms with van der Waals surface area (Å²) in [6.45, 7) is 0.120. The van der Waals surface area contributed by atoms with Crippen molar-refractivity contribution in [2.24, 2.45) is 11.5 Å². The second-order valence-electron chi connectivity index (χ2n) is 5.06. The van der Waals surface area contributed by atoms with E-state index in [9.17, 15) is 20.2 Å². The number of para-hydroxylation sites is 2. The molecule has 8 heteroatoms. The molecule has 0 fully saturated rings. The maximum Gasteiger partial charge on any atom is 0.274 e. The molecule has 0 bridgehead atoms. The molecule has 0 aliphatic rings. The van der Waals surface area contributed by atoms with Gasteiger partial charge in [0, 0.05) is 12.1 Å². The van der Waals surface area contributed by atoms with E-state index >= 15 is 0 Å². The summed E-state index contributed by atoms with van der Waals surface area (Å²) in [5.41, 5.74) is 10.6. The number of benzene rings is 2. The third-order valence-electron chi connectivity index (χ3n) is 3.70. The van der Waals surface area contributed by atoms with Gasteiger partial charge >= 0.3 is 0 Å². The molecule has 0 amide bonds. The highest BCUT2D eigenvalue weighted by Crippen LogP contribution is 2.39. The molecule has 2 aromatic rings. The summed E-state index contributed by atoms with van der Waals surface area (Å²) in [7, 11) is 0. The summed E-state index contributed by atoms with van der Waals surface area (Å²) in [6.07, 6.45) is 0.128. The Morgan fingerprint density at radius 3 is 1.61 bits per heavy atom. The minimum absolute atomic E-state index is 0.120. The first-order valence-corrected chi connectivity index (χ1v) is 6.88. The number of nitrogens with zero attached hydrogens (tertiary/aromatic N) is 2. The molecule has 0 aliphatic heterocycles. The van der Waals surface area contributed by atoms with Gasteiger partial charge in [-0.3, -0.25) is 20.2 Å². The van der Waals surface area contributed by atoms with E-state index in [1.807, 2.05) is 0 Å². The van der Waals surface area contributed by atoms with Gasteiger partial charge in [-0.2, -0.15) is 0 Å². The second-order valence-corrected chi connectivity index (χ2v) is 5.06. The van der Waals surface area contributed by atoms with Crippen LogP contribution >= 0.6 is 0 Å². The lowest BCUT2D eigenvalue weighted by Crippen LogP contribution is -2.41. The quantitative estimate of drug-likeness (QED) is 0.617. The zero-order valence-electron chi connectivity index (χ0n) is 12.2. The van der Waals surface area contributed by atoms with Gasteiger partial charge in [0.1, 0.15) is 0 Å². The average molecular weight is 316 g/mol. The van der Waals surface area contributed by atoms with Gasteiger partial charge in [-0.1, -0.05) is 24.3 Å². The lowest BCUT2D eigenvalue weighted by molar-refractivity contribution is -0.387. The number of nitro groups is 2. The van der Waals surface area contributed by atoms with Crippen molar-refractivity contribution in [2.45, 2.75) is 12.0 Å². The van der Waals surface area contributed by atoms with Gasteiger partial charge in [-0.25, -0.2) is 0 Å². The molecule has 0 aliphatic carbocycles. The molecule has 0 saturated carbocycles. The van der Waals surface area contributed by atoms with Crippen molar-refractivity contribution >= 4 is 11.4 Å². The Kier molecular flexibility index (Phi) is 4.68. The number of hydrogen-bond acceptors (Lipinski definition) is 6. The van der Waals surface area contributed by atoms with E-state index in [1.54, 1.807) is 12.1 Å². The molecule has 0 radical (unpaired) electrons. The molecule has 0 spiro atoms. The van der Waals surface area contributed by atoms with Crippen LogP contribution in [0.3, 0.4) is 0 Å². The van der Waals surface area contributed by atoms with Crippen molar-refractivity contribution in [3.8, 4) is 0 Å². The lowest BCUT2D eigenvalue weighted by Gasteiger charge is -2.29. The molecular formula is C15H16N4O4. The number of hydrogen-bond donors (Lipinski definition) is 2. The van der Waals surface area contributed by atoms with Gasteiger partial charge in [0.2, 0.25) is 0 Å². The first kappa shape index (κ1) is 16.5. The highest BCUT2D eigenvalue weighted by atomic mass is 16.6. The van der Waals surface area contributed by atoms with Crippen LogP contribution in [0.5, 0.6) is 0 Å². The molecule has 0 aromatic heterocycles. The molecule has 8 nitrogen and oxygen atoms in total. The van der Waals surface area contributed by atoms with Crippen LogP contribution in [-0.2, 0) is 5.54 Å². The molecule has 2 aromatic carbocycles. The molecular weight excluding hydrogens is 300 g/mol. The SMILES string of the molecule is NCCC(N)(c1ccccc1[N+](=O)[O-])c1ccccc1[N+](=O)[O-]. The van der Waals surface area contributed by atoms with Crippen molar-refractivity contribution < 1.29 is 9.85 Å². The van der Waals surface area contributed by atoms with Gasteiger partial charge in [-0.15, -0.1) is 0 Å². The standard InChI is InChI=1S/C15H16N4O4/c16-10-9-15(17,11-5-1-3-7-13(11)18(20)21)12-6-2-4-8-14(12)19(22)23/h1-8H,9-10,16-17H2. The molecule has 0 saturated heterocycles. The third-order valence-corrected chi connectivity index (χ3v) is 3.70. The number of nitro benzene ring substituents is 2. The van der Waals surface area contributed by atoms with Gasteiger partial charge in [0.25, 0.3) is 11.4 Å². The summed E-state index contributed by atoms with van der Waals surface area (Å²) < 4.78 is 0. The van der Waals surface area contributed by atoms with Crippen LogP contribution in [0, 0.1) is 20.2 Å². The number of nitrogens with two attached hydrogens (primary N) is 2. The first-order chi connectivity index (χ1) is 10.9.